The summed E-state index contributed by atoms with van der Waals surface area (Å²) in [6.45, 7) is 4.06. The van der Waals surface area contributed by atoms with Crippen LogP contribution in [0.1, 0.15) is 24.1 Å². The van der Waals surface area contributed by atoms with E-state index in [1.54, 1.807) is 30.4 Å². The van der Waals surface area contributed by atoms with E-state index in [2.05, 4.69) is 56.4 Å². The molecule has 1 unspecified atom stereocenters. The van der Waals surface area contributed by atoms with Crippen LogP contribution in [0.15, 0.2) is 71.0 Å². The van der Waals surface area contributed by atoms with E-state index in [4.69, 9.17) is 0 Å². The molecule has 1 amide bonds. The Morgan fingerprint density at radius 1 is 1.10 bits per heavy atom. The number of pyridine rings is 1. The van der Waals surface area contributed by atoms with Gasteiger partial charge in [-0.05, 0) is 44.0 Å². The van der Waals surface area contributed by atoms with E-state index in [-0.39, 0.29) is 11.8 Å². The van der Waals surface area contributed by atoms with Crippen molar-refractivity contribution in [3.05, 3.63) is 72.3 Å². The molecule has 0 saturated carbocycles. The van der Waals surface area contributed by atoms with Gasteiger partial charge in [0.15, 0.2) is 5.82 Å². The van der Waals surface area contributed by atoms with E-state index >= 15 is 0 Å². The number of nitrogens with zero attached hydrogens (tertiary/aromatic N) is 4. The summed E-state index contributed by atoms with van der Waals surface area (Å²) in [5, 5.41) is 3.90. The number of rotatable bonds is 6. The highest BCUT2D eigenvalue weighted by Gasteiger charge is 2.28. The van der Waals surface area contributed by atoms with E-state index < -0.39 is 0 Å². The molecule has 1 atom stereocenters. The van der Waals surface area contributed by atoms with E-state index in [1.807, 2.05) is 18.2 Å². The van der Waals surface area contributed by atoms with Crippen LogP contribution in [0.25, 0.3) is 0 Å². The molecule has 2 aromatic heterocycles. The van der Waals surface area contributed by atoms with Crippen LogP contribution in [0.5, 0.6) is 0 Å². The molecule has 154 valence electrons. The molecule has 1 saturated heterocycles. The number of hydrogen-bond donors (Lipinski definition) is 1. The Balaban J connectivity index is 1.43. The lowest BCUT2D eigenvalue weighted by Crippen LogP contribution is -2.43. The van der Waals surface area contributed by atoms with Crippen LogP contribution in [0, 0.1) is 12.8 Å². The van der Waals surface area contributed by atoms with Gasteiger partial charge >= 0.3 is 0 Å². The second-order valence-electron chi connectivity index (χ2n) is 7.42. The van der Waals surface area contributed by atoms with Crippen molar-refractivity contribution in [2.24, 2.45) is 5.92 Å². The SMILES string of the molecule is Cc1ccc(Sc2nccnc2N2CCCC(C(=O)NCc3ccccn3)C2)cc1. The van der Waals surface area contributed by atoms with Crippen LogP contribution in [0.4, 0.5) is 5.82 Å². The van der Waals surface area contributed by atoms with Crippen molar-refractivity contribution in [2.45, 2.75) is 36.2 Å². The maximum Gasteiger partial charge on any atom is 0.225 e. The highest BCUT2D eigenvalue weighted by molar-refractivity contribution is 7.99. The minimum absolute atomic E-state index is 0.0679. The molecule has 1 aromatic carbocycles. The predicted octanol–water partition coefficient (Wildman–Crippen LogP) is 3.86. The molecule has 1 fully saturated rings. The summed E-state index contributed by atoms with van der Waals surface area (Å²) in [6.07, 6.45) is 7.02. The Kier molecular flexibility index (Phi) is 6.59. The lowest BCUT2D eigenvalue weighted by molar-refractivity contribution is -0.125. The lowest BCUT2D eigenvalue weighted by Gasteiger charge is -2.33. The van der Waals surface area contributed by atoms with Gasteiger partial charge in [0.1, 0.15) is 5.03 Å². The molecule has 0 aliphatic carbocycles. The molecule has 30 heavy (non-hydrogen) atoms. The Morgan fingerprint density at radius 3 is 2.73 bits per heavy atom. The highest BCUT2D eigenvalue weighted by Crippen LogP contribution is 2.34. The predicted molar refractivity (Wildman–Crippen MR) is 118 cm³/mol. The van der Waals surface area contributed by atoms with Gasteiger partial charge in [0.25, 0.3) is 0 Å². The molecule has 3 heterocycles. The zero-order chi connectivity index (χ0) is 20.8. The number of nitrogens with one attached hydrogen (secondary N) is 1. The number of piperidine rings is 1. The third-order valence-electron chi connectivity index (χ3n) is 5.14. The minimum atomic E-state index is -0.0679. The van der Waals surface area contributed by atoms with Crippen LogP contribution >= 0.6 is 11.8 Å². The topological polar surface area (TPSA) is 71.0 Å². The first-order valence-electron chi connectivity index (χ1n) is 10.2. The first-order valence-corrected chi connectivity index (χ1v) is 11.0. The largest absolute Gasteiger partial charge is 0.354 e. The molecule has 1 aliphatic rings. The molecule has 3 aromatic rings. The first-order chi connectivity index (χ1) is 14.7. The quantitative estimate of drug-likeness (QED) is 0.654. The van der Waals surface area contributed by atoms with Crippen LogP contribution in [-0.2, 0) is 11.3 Å². The number of anilines is 1. The zero-order valence-corrected chi connectivity index (χ0v) is 17.8. The van der Waals surface area contributed by atoms with Crippen molar-refractivity contribution in [3.8, 4) is 0 Å². The maximum atomic E-state index is 12.7. The van der Waals surface area contributed by atoms with Crippen molar-refractivity contribution < 1.29 is 4.79 Å². The van der Waals surface area contributed by atoms with E-state index in [0.717, 1.165) is 40.8 Å². The molecular formula is C23H25N5OS. The summed E-state index contributed by atoms with van der Waals surface area (Å²) in [5.74, 6) is 0.856. The van der Waals surface area contributed by atoms with Crippen molar-refractivity contribution in [1.29, 1.82) is 0 Å². The number of benzene rings is 1. The molecule has 7 heteroatoms. The van der Waals surface area contributed by atoms with E-state index in [9.17, 15) is 4.79 Å². The Morgan fingerprint density at radius 2 is 1.93 bits per heavy atom. The fourth-order valence-corrected chi connectivity index (χ4v) is 4.42. The number of amides is 1. The standard InChI is InChI=1S/C23H25N5OS/c1-17-7-9-20(10-8-17)30-23-21(25-12-13-26-23)28-14-4-5-18(16-28)22(29)27-15-19-6-2-3-11-24-19/h2-3,6-13,18H,4-5,14-16H2,1H3,(H,27,29). The van der Waals surface area contributed by atoms with Crippen molar-refractivity contribution >= 4 is 23.5 Å². The second kappa shape index (κ2) is 9.71. The van der Waals surface area contributed by atoms with E-state index in [0.29, 0.717) is 13.1 Å². The van der Waals surface area contributed by atoms with Crippen LogP contribution in [-0.4, -0.2) is 33.9 Å². The van der Waals surface area contributed by atoms with Gasteiger partial charge in [0, 0.05) is 36.6 Å². The Bertz CT molecular complexity index is 980. The van der Waals surface area contributed by atoms with Gasteiger partial charge in [-0.3, -0.25) is 9.78 Å². The van der Waals surface area contributed by atoms with Crippen molar-refractivity contribution in [3.63, 3.8) is 0 Å². The molecule has 6 nitrogen and oxygen atoms in total. The summed E-state index contributed by atoms with van der Waals surface area (Å²) < 4.78 is 0. The second-order valence-corrected chi connectivity index (χ2v) is 8.49. The van der Waals surface area contributed by atoms with Gasteiger partial charge in [-0.1, -0.05) is 35.5 Å². The van der Waals surface area contributed by atoms with E-state index in [1.165, 1.54) is 5.56 Å². The van der Waals surface area contributed by atoms with Gasteiger partial charge in [-0.15, -0.1) is 0 Å². The molecule has 0 radical (unpaired) electrons. The minimum Gasteiger partial charge on any atom is -0.354 e. The summed E-state index contributed by atoms with van der Waals surface area (Å²) in [5.41, 5.74) is 2.10. The maximum absolute atomic E-state index is 12.7. The van der Waals surface area contributed by atoms with Gasteiger partial charge < -0.3 is 10.2 Å². The number of aryl methyl sites for hydroxylation is 1. The Labute approximate surface area is 181 Å². The van der Waals surface area contributed by atoms with Crippen molar-refractivity contribution in [2.75, 3.05) is 18.0 Å². The van der Waals surface area contributed by atoms with Crippen LogP contribution in [0.3, 0.4) is 0 Å². The number of aromatic nitrogens is 3. The molecule has 0 bridgehead atoms. The average molecular weight is 420 g/mol. The first kappa shape index (κ1) is 20.3. The molecule has 4 rings (SSSR count). The number of hydrogen-bond acceptors (Lipinski definition) is 6. The molecule has 0 spiro atoms. The van der Waals surface area contributed by atoms with Crippen LogP contribution in [0.2, 0.25) is 0 Å². The summed E-state index contributed by atoms with van der Waals surface area (Å²) in [4.78, 5) is 29.5. The summed E-state index contributed by atoms with van der Waals surface area (Å²) in [7, 11) is 0. The van der Waals surface area contributed by atoms with Crippen LogP contribution < -0.4 is 10.2 Å². The fraction of sp³-hybridized carbons (Fsp3) is 0.304. The number of carbonyl (C=O) groups excluding carboxylic acids is 1. The molecule has 1 aliphatic heterocycles. The smallest absolute Gasteiger partial charge is 0.225 e. The third kappa shape index (κ3) is 5.16. The lowest BCUT2D eigenvalue weighted by atomic mass is 9.97. The third-order valence-corrected chi connectivity index (χ3v) is 6.13. The fourth-order valence-electron chi connectivity index (χ4n) is 3.53. The highest BCUT2D eigenvalue weighted by atomic mass is 32.2. The molecular weight excluding hydrogens is 394 g/mol. The van der Waals surface area contributed by atoms with Crippen molar-refractivity contribution in [1.82, 2.24) is 20.3 Å². The van der Waals surface area contributed by atoms with Gasteiger partial charge in [0.2, 0.25) is 5.91 Å². The van der Waals surface area contributed by atoms with Gasteiger partial charge in [-0.2, -0.15) is 0 Å². The van der Waals surface area contributed by atoms with Gasteiger partial charge in [0.05, 0.1) is 18.2 Å². The van der Waals surface area contributed by atoms with Gasteiger partial charge in [-0.25, -0.2) is 9.97 Å². The Hall–Kier alpha value is -2.93. The summed E-state index contributed by atoms with van der Waals surface area (Å²) >= 11 is 1.61. The summed E-state index contributed by atoms with van der Waals surface area (Å²) in [6, 6.07) is 14.1. The number of carbonyl (C=O) groups is 1. The average Bonchev–Trinajstić information content (AvgIpc) is 2.80. The monoisotopic (exact) mass is 419 g/mol. The zero-order valence-electron chi connectivity index (χ0n) is 17.0. The molecule has 1 N–H and O–H groups in total. The normalized spacial score (nSPS) is 16.3.